The van der Waals surface area contributed by atoms with Crippen molar-refractivity contribution in [3.63, 3.8) is 0 Å². The van der Waals surface area contributed by atoms with Crippen LogP contribution in [-0.4, -0.2) is 14.3 Å². The highest BCUT2D eigenvalue weighted by Gasteiger charge is 2.02. The van der Waals surface area contributed by atoms with Gasteiger partial charge in [0.15, 0.2) is 0 Å². The molecule has 0 aromatic rings. The Morgan fingerprint density at radius 3 is 1.69 bits per heavy atom. The van der Waals surface area contributed by atoms with Gasteiger partial charge in [-0.1, -0.05) is 71.1 Å². The van der Waals surface area contributed by atoms with E-state index in [-0.39, 0.29) is 0 Å². The van der Waals surface area contributed by atoms with E-state index in [4.69, 9.17) is 5.26 Å². The van der Waals surface area contributed by atoms with Crippen LogP contribution in [0.4, 0.5) is 0 Å². The van der Waals surface area contributed by atoms with E-state index in [1.807, 2.05) is 6.55 Å². The highest BCUT2D eigenvalue weighted by molar-refractivity contribution is 6.49. The van der Waals surface area contributed by atoms with Gasteiger partial charge in [0, 0.05) is 0 Å². The van der Waals surface area contributed by atoms with Crippen molar-refractivity contribution in [1.82, 2.24) is 0 Å². The molecule has 0 aliphatic heterocycles. The van der Waals surface area contributed by atoms with Gasteiger partial charge >= 0.3 is 0 Å². The maximum absolute atomic E-state index is 8.44. The van der Waals surface area contributed by atoms with E-state index in [0.717, 1.165) is 6.04 Å². The lowest BCUT2D eigenvalue weighted by molar-refractivity contribution is -0.144. The molecule has 1 unspecified atom stereocenters. The van der Waals surface area contributed by atoms with E-state index in [2.05, 4.69) is 11.5 Å². The Kier molecular flexibility index (Phi) is 13.3. The molecule has 0 heterocycles. The van der Waals surface area contributed by atoms with Crippen molar-refractivity contribution < 1.29 is 9.83 Å². The van der Waals surface area contributed by atoms with E-state index in [0.29, 0.717) is 0 Å². The first kappa shape index (κ1) is 16.1. The number of hydrogen-bond donors (Lipinski definition) is 1. The zero-order valence-electron chi connectivity index (χ0n) is 11.2. The Balaban J connectivity index is 2.93. The zero-order chi connectivity index (χ0) is 12.1. The predicted octanol–water partition coefficient (Wildman–Crippen LogP) is 4.75. The summed E-state index contributed by atoms with van der Waals surface area (Å²) in [5.41, 5.74) is 0. The molecule has 16 heavy (non-hydrogen) atoms. The molecule has 2 nitrogen and oxygen atoms in total. The maximum Gasteiger partial charge on any atom is 0.220 e. The van der Waals surface area contributed by atoms with Crippen LogP contribution in [0.1, 0.15) is 71.1 Å². The van der Waals surface area contributed by atoms with E-state index < -0.39 is 9.04 Å². The molecule has 0 spiro atoms. The molecular weight excluding hydrogens is 216 g/mol. The van der Waals surface area contributed by atoms with Crippen molar-refractivity contribution in [1.29, 1.82) is 0 Å². The Hall–Kier alpha value is 0.137. The molecular formula is C13H30O2Si. The minimum Gasteiger partial charge on any atom is -0.293 e. The molecule has 0 amide bonds. The number of unbranched alkanes of at least 4 members (excludes halogenated alkanes) is 9. The highest BCUT2D eigenvalue weighted by Crippen LogP contribution is 2.12. The number of hydrogen-bond acceptors (Lipinski definition) is 2. The highest BCUT2D eigenvalue weighted by atomic mass is 28.3. The second-order valence-electron chi connectivity index (χ2n) is 4.89. The van der Waals surface area contributed by atoms with Gasteiger partial charge in [-0.15, -0.1) is 0 Å². The van der Waals surface area contributed by atoms with E-state index >= 15 is 0 Å². The van der Waals surface area contributed by atoms with Gasteiger partial charge in [0.05, 0.1) is 0 Å². The summed E-state index contributed by atoms with van der Waals surface area (Å²) >= 11 is 0. The minimum atomic E-state index is -1.20. The molecule has 1 N–H and O–H groups in total. The first-order valence-electron chi connectivity index (χ1n) is 7.11. The van der Waals surface area contributed by atoms with Gasteiger partial charge in [0.2, 0.25) is 9.04 Å². The van der Waals surface area contributed by atoms with Crippen LogP contribution in [0.25, 0.3) is 0 Å². The second kappa shape index (κ2) is 13.2. The fourth-order valence-electron chi connectivity index (χ4n) is 1.97. The third kappa shape index (κ3) is 12.2. The van der Waals surface area contributed by atoms with Crippen LogP contribution >= 0.6 is 0 Å². The molecule has 0 aliphatic carbocycles. The molecule has 0 aromatic carbocycles. The van der Waals surface area contributed by atoms with E-state index in [1.54, 1.807) is 0 Å². The molecule has 0 bridgehead atoms. The first-order valence-corrected chi connectivity index (χ1v) is 9.55. The van der Waals surface area contributed by atoms with Crippen molar-refractivity contribution in [3.05, 3.63) is 0 Å². The monoisotopic (exact) mass is 246 g/mol. The smallest absolute Gasteiger partial charge is 0.220 e. The lowest BCUT2D eigenvalue weighted by atomic mass is 10.1. The Labute approximate surface area is 103 Å². The summed E-state index contributed by atoms with van der Waals surface area (Å²) in [5, 5.41) is 8.44. The quantitative estimate of drug-likeness (QED) is 0.233. The molecule has 0 saturated carbocycles. The van der Waals surface area contributed by atoms with E-state index in [1.165, 1.54) is 64.2 Å². The van der Waals surface area contributed by atoms with Crippen molar-refractivity contribution >= 4 is 9.04 Å². The summed E-state index contributed by atoms with van der Waals surface area (Å²) in [4.78, 5) is 0. The topological polar surface area (TPSA) is 29.5 Å². The molecule has 0 fully saturated rings. The van der Waals surface area contributed by atoms with Crippen LogP contribution in [-0.2, 0) is 4.58 Å². The van der Waals surface area contributed by atoms with Crippen LogP contribution < -0.4 is 0 Å². The first-order chi connectivity index (χ1) is 7.81. The molecule has 0 saturated heterocycles. The lowest BCUT2D eigenvalue weighted by Crippen LogP contribution is -2.09. The Morgan fingerprint density at radius 2 is 1.25 bits per heavy atom. The molecule has 98 valence electrons. The average Bonchev–Trinajstić information content (AvgIpc) is 2.31. The van der Waals surface area contributed by atoms with Gasteiger partial charge in [-0.3, -0.25) is 9.83 Å². The molecule has 0 radical (unpaired) electrons. The van der Waals surface area contributed by atoms with Gasteiger partial charge < -0.3 is 0 Å². The van der Waals surface area contributed by atoms with E-state index in [9.17, 15) is 0 Å². The summed E-state index contributed by atoms with van der Waals surface area (Å²) in [5.74, 6) is 0. The van der Waals surface area contributed by atoms with Crippen molar-refractivity contribution in [3.8, 4) is 0 Å². The summed E-state index contributed by atoms with van der Waals surface area (Å²) in [6, 6.07) is 1.12. The minimum absolute atomic E-state index is 1.12. The largest absolute Gasteiger partial charge is 0.293 e. The van der Waals surface area contributed by atoms with Gasteiger partial charge in [0.25, 0.3) is 0 Å². The van der Waals surface area contributed by atoms with Gasteiger partial charge in [-0.25, -0.2) is 0 Å². The zero-order valence-corrected chi connectivity index (χ0v) is 12.4. The predicted molar refractivity (Wildman–Crippen MR) is 73.4 cm³/mol. The summed E-state index contributed by atoms with van der Waals surface area (Å²) < 4.78 is 4.37. The third-order valence-corrected chi connectivity index (χ3v) is 4.73. The molecule has 0 aromatic heterocycles. The van der Waals surface area contributed by atoms with Crippen LogP contribution in [0.3, 0.4) is 0 Å². The van der Waals surface area contributed by atoms with Gasteiger partial charge in [-0.2, -0.15) is 0 Å². The standard InChI is InChI=1S/C13H30O2Si/c1-3-4-5-6-7-8-9-10-11-12-13-16(2)15-14/h14,16H,3-13H2,1-2H3. The Morgan fingerprint density at radius 1 is 0.812 bits per heavy atom. The average molecular weight is 246 g/mol. The fraction of sp³-hybridized carbons (Fsp3) is 1.00. The van der Waals surface area contributed by atoms with Crippen molar-refractivity contribution in [2.75, 3.05) is 0 Å². The summed E-state index contributed by atoms with van der Waals surface area (Å²) in [6.45, 7) is 4.31. The maximum atomic E-state index is 8.44. The van der Waals surface area contributed by atoms with Crippen LogP contribution in [0.15, 0.2) is 0 Å². The van der Waals surface area contributed by atoms with Crippen LogP contribution in [0, 0.1) is 0 Å². The molecule has 1 atom stereocenters. The summed E-state index contributed by atoms with van der Waals surface area (Å²) in [7, 11) is -1.20. The van der Waals surface area contributed by atoms with Crippen LogP contribution in [0.2, 0.25) is 12.6 Å². The molecule has 3 heteroatoms. The van der Waals surface area contributed by atoms with Gasteiger partial charge in [0.1, 0.15) is 0 Å². The van der Waals surface area contributed by atoms with Crippen molar-refractivity contribution in [2.45, 2.75) is 83.7 Å². The number of rotatable bonds is 12. The Bertz CT molecular complexity index is 131. The summed E-state index contributed by atoms with van der Waals surface area (Å²) in [6.07, 6.45) is 13.7. The molecule has 0 aliphatic rings. The fourth-order valence-corrected chi connectivity index (χ4v) is 2.94. The lowest BCUT2D eigenvalue weighted by Gasteiger charge is -2.05. The molecule has 0 rings (SSSR count). The normalized spacial score (nSPS) is 12.9. The van der Waals surface area contributed by atoms with Crippen LogP contribution in [0.5, 0.6) is 0 Å². The van der Waals surface area contributed by atoms with Gasteiger partial charge in [-0.05, 0) is 12.6 Å². The van der Waals surface area contributed by atoms with Crippen molar-refractivity contribution in [2.24, 2.45) is 0 Å². The SMILES string of the molecule is CCCCCCCCCCCC[SiH](C)OO. The second-order valence-corrected chi connectivity index (χ2v) is 7.30. The third-order valence-electron chi connectivity index (χ3n) is 3.14.